The minimum absolute atomic E-state index is 0.291. The van der Waals surface area contributed by atoms with Gasteiger partial charge in [0.25, 0.3) is 0 Å². The van der Waals surface area contributed by atoms with Crippen LogP contribution in [0.2, 0.25) is 0 Å². The molecule has 30 heavy (non-hydrogen) atoms. The van der Waals surface area contributed by atoms with Crippen LogP contribution in [-0.4, -0.2) is 34.9 Å². The lowest BCUT2D eigenvalue weighted by molar-refractivity contribution is 0.0148. The van der Waals surface area contributed by atoms with Gasteiger partial charge in [-0.1, -0.05) is 41.6 Å². The van der Waals surface area contributed by atoms with Gasteiger partial charge in [-0.15, -0.1) is 0 Å². The number of carbonyl (C=O) groups excluding carboxylic acids is 1. The van der Waals surface area contributed by atoms with Crippen LogP contribution in [0.1, 0.15) is 25.7 Å². The van der Waals surface area contributed by atoms with Gasteiger partial charge >= 0.3 is 6.09 Å². The molecule has 7 nitrogen and oxygen atoms in total. The Morgan fingerprint density at radius 2 is 1.90 bits per heavy atom. The highest BCUT2D eigenvalue weighted by Gasteiger charge is 2.47. The largest absolute Gasteiger partial charge is 0.441 e. The van der Waals surface area contributed by atoms with E-state index in [2.05, 4.69) is 15.5 Å². The van der Waals surface area contributed by atoms with Gasteiger partial charge in [0, 0.05) is 24.4 Å². The van der Waals surface area contributed by atoms with E-state index in [0.29, 0.717) is 24.2 Å². The SMILES string of the molecule is O=C1OC2(CCC(CNc3cc(-c4ccccc4)no3)CC2)CN1c1ccccn1. The molecule has 154 valence electrons. The van der Waals surface area contributed by atoms with Gasteiger partial charge in [-0.3, -0.25) is 4.90 Å². The predicted molar refractivity (Wildman–Crippen MR) is 113 cm³/mol. The molecule has 3 aromatic rings. The molecule has 7 heteroatoms. The van der Waals surface area contributed by atoms with Gasteiger partial charge < -0.3 is 14.6 Å². The maximum atomic E-state index is 12.4. The molecule has 1 aliphatic heterocycles. The van der Waals surface area contributed by atoms with Crippen molar-refractivity contribution in [2.75, 3.05) is 23.3 Å². The van der Waals surface area contributed by atoms with Crippen molar-refractivity contribution < 1.29 is 14.1 Å². The summed E-state index contributed by atoms with van der Waals surface area (Å²) in [5.74, 6) is 1.84. The maximum Gasteiger partial charge on any atom is 0.416 e. The van der Waals surface area contributed by atoms with Crippen molar-refractivity contribution in [2.24, 2.45) is 5.92 Å². The number of aromatic nitrogens is 2. The quantitative estimate of drug-likeness (QED) is 0.662. The first kappa shape index (κ1) is 18.7. The molecule has 0 unspecified atom stereocenters. The van der Waals surface area contributed by atoms with E-state index in [1.807, 2.05) is 54.6 Å². The lowest BCUT2D eigenvalue weighted by Gasteiger charge is -2.35. The summed E-state index contributed by atoms with van der Waals surface area (Å²) in [7, 11) is 0. The number of pyridine rings is 1. The highest BCUT2D eigenvalue weighted by Crippen LogP contribution is 2.40. The summed E-state index contributed by atoms with van der Waals surface area (Å²) in [6.07, 6.45) is 5.12. The lowest BCUT2D eigenvalue weighted by atomic mass is 9.78. The highest BCUT2D eigenvalue weighted by molar-refractivity contribution is 5.89. The van der Waals surface area contributed by atoms with Crippen LogP contribution in [-0.2, 0) is 4.74 Å². The predicted octanol–water partition coefficient (Wildman–Crippen LogP) is 4.73. The number of benzene rings is 1. The number of ether oxygens (including phenoxy) is 1. The van der Waals surface area contributed by atoms with Crippen LogP contribution >= 0.6 is 0 Å². The summed E-state index contributed by atoms with van der Waals surface area (Å²) < 4.78 is 11.3. The fraction of sp³-hybridized carbons (Fsp3) is 0.348. The molecule has 0 radical (unpaired) electrons. The van der Waals surface area contributed by atoms with Crippen molar-refractivity contribution >= 4 is 17.8 Å². The monoisotopic (exact) mass is 404 g/mol. The molecule has 0 atom stereocenters. The van der Waals surface area contributed by atoms with Gasteiger partial charge in [-0.05, 0) is 43.7 Å². The first-order valence-corrected chi connectivity index (χ1v) is 10.4. The van der Waals surface area contributed by atoms with Gasteiger partial charge in [-0.2, -0.15) is 0 Å². The number of nitrogens with zero attached hydrogens (tertiary/aromatic N) is 3. The van der Waals surface area contributed by atoms with Crippen LogP contribution < -0.4 is 10.2 Å². The van der Waals surface area contributed by atoms with Crippen molar-refractivity contribution in [1.29, 1.82) is 0 Å². The summed E-state index contributed by atoms with van der Waals surface area (Å²) >= 11 is 0. The smallest absolute Gasteiger partial charge is 0.416 e. The van der Waals surface area contributed by atoms with E-state index in [1.54, 1.807) is 11.1 Å². The average molecular weight is 404 g/mol. The van der Waals surface area contributed by atoms with Crippen LogP contribution in [0.5, 0.6) is 0 Å². The maximum absolute atomic E-state index is 12.4. The van der Waals surface area contributed by atoms with Crippen LogP contribution in [0.3, 0.4) is 0 Å². The van der Waals surface area contributed by atoms with E-state index < -0.39 is 5.60 Å². The Hall–Kier alpha value is -3.35. The molecule has 1 spiro atoms. The van der Waals surface area contributed by atoms with E-state index in [4.69, 9.17) is 9.26 Å². The zero-order valence-corrected chi connectivity index (χ0v) is 16.7. The Labute approximate surface area is 175 Å². The molecule has 2 aliphatic rings. The number of rotatable bonds is 5. The van der Waals surface area contributed by atoms with Crippen molar-refractivity contribution in [3.63, 3.8) is 0 Å². The lowest BCUT2D eigenvalue weighted by Crippen LogP contribution is -2.39. The zero-order chi connectivity index (χ0) is 20.4. The Kier molecular flexibility index (Phi) is 4.86. The number of carbonyl (C=O) groups is 1. The molecule has 2 fully saturated rings. The number of nitrogens with one attached hydrogen (secondary N) is 1. The summed E-state index contributed by atoms with van der Waals surface area (Å²) in [5.41, 5.74) is 1.47. The van der Waals surface area contributed by atoms with E-state index in [9.17, 15) is 4.79 Å². The van der Waals surface area contributed by atoms with E-state index in [0.717, 1.165) is 43.5 Å². The van der Waals surface area contributed by atoms with Crippen LogP contribution in [0.15, 0.2) is 65.3 Å². The van der Waals surface area contributed by atoms with E-state index >= 15 is 0 Å². The standard InChI is InChI=1S/C23H24N4O3/c28-22-27(20-8-4-5-13-24-20)16-23(29-22)11-9-17(10-12-23)15-25-21-14-19(26-30-21)18-6-2-1-3-7-18/h1-8,13-14,17,25H,9-12,15-16H2. The Balaban J connectivity index is 1.15. The molecular weight excluding hydrogens is 380 g/mol. The molecule has 1 saturated carbocycles. The Bertz CT molecular complexity index is 998. The zero-order valence-electron chi connectivity index (χ0n) is 16.7. The van der Waals surface area contributed by atoms with E-state index in [1.165, 1.54) is 0 Å². The van der Waals surface area contributed by atoms with Crippen LogP contribution in [0, 0.1) is 5.92 Å². The Morgan fingerprint density at radius 3 is 2.67 bits per heavy atom. The minimum Gasteiger partial charge on any atom is -0.441 e. The molecule has 5 rings (SSSR count). The van der Waals surface area contributed by atoms with Gasteiger partial charge in [0.05, 0.1) is 6.54 Å². The number of amides is 1. The fourth-order valence-electron chi connectivity index (χ4n) is 4.33. The first-order valence-electron chi connectivity index (χ1n) is 10.4. The molecule has 0 bridgehead atoms. The van der Waals surface area contributed by atoms with E-state index in [-0.39, 0.29) is 6.09 Å². The number of anilines is 2. The second-order valence-corrected chi connectivity index (χ2v) is 8.09. The molecule has 1 saturated heterocycles. The summed E-state index contributed by atoms with van der Waals surface area (Å²) in [6, 6.07) is 17.5. The highest BCUT2D eigenvalue weighted by atomic mass is 16.6. The van der Waals surface area contributed by atoms with Gasteiger partial charge in [0.1, 0.15) is 17.1 Å². The summed E-state index contributed by atoms with van der Waals surface area (Å²) in [4.78, 5) is 18.3. The second-order valence-electron chi connectivity index (χ2n) is 8.09. The van der Waals surface area contributed by atoms with Crippen molar-refractivity contribution in [1.82, 2.24) is 10.1 Å². The van der Waals surface area contributed by atoms with Gasteiger partial charge in [0.2, 0.25) is 5.88 Å². The van der Waals surface area contributed by atoms with Crippen molar-refractivity contribution in [3.05, 3.63) is 60.8 Å². The van der Waals surface area contributed by atoms with Gasteiger partial charge in [-0.25, -0.2) is 9.78 Å². The molecule has 1 aliphatic carbocycles. The van der Waals surface area contributed by atoms with Crippen LogP contribution in [0.25, 0.3) is 11.3 Å². The number of hydrogen-bond donors (Lipinski definition) is 1. The third kappa shape index (κ3) is 3.75. The van der Waals surface area contributed by atoms with Crippen molar-refractivity contribution in [2.45, 2.75) is 31.3 Å². The molecule has 2 aromatic heterocycles. The minimum atomic E-state index is -0.391. The average Bonchev–Trinajstić information content (AvgIpc) is 3.39. The third-order valence-electron chi connectivity index (χ3n) is 6.06. The third-order valence-corrected chi connectivity index (χ3v) is 6.06. The van der Waals surface area contributed by atoms with Crippen LogP contribution in [0.4, 0.5) is 16.5 Å². The molecule has 1 aromatic carbocycles. The topological polar surface area (TPSA) is 80.5 Å². The summed E-state index contributed by atoms with van der Waals surface area (Å²) in [6.45, 7) is 1.39. The molecular formula is C23H24N4O3. The second kappa shape index (κ2) is 7.82. The number of hydrogen-bond acceptors (Lipinski definition) is 6. The van der Waals surface area contributed by atoms with Crippen molar-refractivity contribution in [3.8, 4) is 11.3 Å². The molecule has 1 amide bonds. The first-order chi connectivity index (χ1) is 14.7. The molecule has 1 N–H and O–H groups in total. The van der Waals surface area contributed by atoms with Gasteiger partial charge in [0.15, 0.2) is 0 Å². The fourth-order valence-corrected chi connectivity index (χ4v) is 4.33. The summed E-state index contributed by atoms with van der Waals surface area (Å²) in [5, 5.41) is 7.52. The normalized spacial score (nSPS) is 23.5. The Morgan fingerprint density at radius 1 is 1.10 bits per heavy atom. The molecule has 3 heterocycles.